The fraction of sp³-hybridized carbons (Fsp3) is 0. The first kappa shape index (κ1) is 20.9. The summed E-state index contributed by atoms with van der Waals surface area (Å²) in [6.45, 7) is 0. The van der Waals surface area contributed by atoms with E-state index in [2.05, 4.69) is 60.1 Å². The van der Waals surface area contributed by atoms with Crippen molar-refractivity contribution in [2.75, 3.05) is 0 Å². The first-order valence-electron chi connectivity index (χ1n) is 13.1. The molecule has 0 N–H and O–H groups in total. The van der Waals surface area contributed by atoms with Gasteiger partial charge in [-0.1, -0.05) is 12.1 Å². The van der Waals surface area contributed by atoms with Gasteiger partial charge < -0.3 is 26.8 Å². The molecule has 41 heavy (non-hydrogen) atoms. The highest BCUT2D eigenvalue weighted by molar-refractivity contribution is 6.11. The number of aromatic nitrogens is 5. The lowest BCUT2D eigenvalue weighted by Crippen LogP contribution is -2.01. The summed E-state index contributed by atoms with van der Waals surface area (Å²) < 4.78 is 29.5. The van der Waals surface area contributed by atoms with Gasteiger partial charge in [0, 0.05) is 58.8 Å². The van der Waals surface area contributed by atoms with Crippen LogP contribution in [-0.4, -0.2) is 23.7 Å². The fourth-order valence-corrected chi connectivity index (χ4v) is 6.31. The lowest BCUT2D eigenvalue weighted by atomic mass is 10.1. The Balaban J connectivity index is 1.30. The zero-order valence-corrected chi connectivity index (χ0v) is 21.2. The van der Waals surface area contributed by atoms with E-state index in [0.29, 0.717) is 5.95 Å². The molecule has 0 aliphatic carbocycles. The van der Waals surface area contributed by atoms with Crippen molar-refractivity contribution in [3.8, 4) is 17.3 Å². The van der Waals surface area contributed by atoms with Crippen molar-refractivity contribution in [2.24, 2.45) is 0 Å². The van der Waals surface area contributed by atoms with Crippen LogP contribution in [0, 0.1) is 0 Å². The molecule has 0 spiro atoms. The van der Waals surface area contributed by atoms with Crippen LogP contribution in [-0.2, 0) is 0 Å². The Bertz CT molecular complexity index is 2340. The maximum absolute atomic E-state index is 5.76. The lowest BCUT2D eigenvalue weighted by molar-refractivity contribution is 0.583. The molecule has 194 valence electrons. The van der Waals surface area contributed by atoms with Crippen LogP contribution < -0.4 is 0 Å². The van der Waals surface area contributed by atoms with Gasteiger partial charge in [-0.3, -0.25) is 4.57 Å². The molecule has 10 aromatic rings. The summed E-state index contributed by atoms with van der Waals surface area (Å²) in [5.41, 5.74) is 10.6. The van der Waals surface area contributed by atoms with E-state index in [9.17, 15) is 0 Å². The number of nitrogens with zero attached hydrogens (tertiary/aromatic N) is 5. The highest BCUT2D eigenvalue weighted by Crippen LogP contribution is 2.39. The number of furan rings is 4. The molecule has 2 aromatic carbocycles. The smallest absolute Gasteiger partial charge is 0.234 e. The summed E-state index contributed by atoms with van der Waals surface area (Å²) in [4.78, 5) is 9.30. The minimum atomic E-state index is 0.589. The van der Waals surface area contributed by atoms with Crippen molar-refractivity contribution in [1.29, 1.82) is 0 Å². The minimum absolute atomic E-state index is 0.589. The van der Waals surface area contributed by atoms with Gasteiger partial charge >= 0.3 is 0 Å². The Morgan fingerprint density at radius 1 is 0.439 bits per heavy atom. The molecule has 0 aliphatic rings. The molecule has 9 heteroatoms. The van der Waals surface area contributed by atoms with Crippen LogP contribution in [0.4, 0.5) is 0 Å². The number of hydrogen-bond donors (Lipinski definition) is 0. The van der Waals surface area contributed by atoms with Gasteiger partial charge in [0.25, 0.3) is 0 Å². The van der Waals surface area contributed by atoms with Crippen LogP contribution in [0.25, 0.3) is 83.5 Å². The highest BCUT2D eigenvalue weighted by Gasteiger charge is 2.22. The number of benzene rings is 2. The number of rotatable bonds is 3. The molecule has 0 atom stereocenters. The van der Waals surface area contributed by atoms with Crippen LogP contribution in [0.2, 0.25) is 0 Å². The number of fused-ring (bicyclic) bond motifs is 9. The van der Waals surface area contributed by atoms with Crippen molar-refractivity contribution in [3.05, 3.63) is 104 Å². The molecule has 0 saturated carbocycles. The van der Waals surface area contributed by atoms with Gasteiger partial charge in [-0.05, 0) is 30.3 Å². The van der Waals surface area contributed by atoms with Crippen molar-refractivity contribution < 1.29 is 17.7 Å². The van der Waals surface area contributed by atoms with E-state index < -0.39 is 0 Å². The van der Waals surface area contributed by atoms with Crippen molar-refractivity contribution in [3.63, 3.8) is 0 Å². The fourth-order valence-electron chi connectivity index (χ4n) is 6.31. The van der Waals surface area contributed by atoms with Crippen molar-refractivity contribution in [1.82, 2.24) is 23.7 Å². The summed E-state index contributed by atoms with van der Waals surface area (Å²) in [5, 5.41) is 2.19. The lowest BCUT2D eigenvalue weighted by Gasteiger charge is -2.09. The van der Waals surface area contributed by atoms with Gasteiger partial charge in [-0.2, -0.15) is 0 Å². The highest BCUT2D eigenvalue weighted by atomic mass is 16.4. The normalized spacial score (nSPS) is 12.4. The Hall–Kier alpha value is -5.96. The predicted molar refractivity (Wildman–Crippen MR) is 154 cm³/mol. The summed E-state index contributed by atoms with van der Waals surface area (Å²) in [6.07, 6.45) is 10.3. The largest absolute Gasteiger partial charge is 0.459 e. The average molecular weight is 536 g/mol. The molecule has 0 aliphatic heterocycles. The number of hydrogen-bond acceptors (Lipinski definition) is 6. The van der Waals surface area contributed by atoms with Crippen LogP contribution in [0.5, 0.6) is 0 Å². The third-order valence-corrected chi connectivity index (χ3v) is 7.96. The summed E-state index contributed by atoms with van der Waals surface area (Å²) in [6, 6.07) is 22.6. The minimum Gasteiger partial charge on any atom is -0.459 e. The van der Waals surface area contributed by atoms with Crippen LogP contribution in [0.3, 0.4) is 0 Å². The first-order chi connectivity index (χ1) is 20.3. The standard InChI is InChI=1S/C32H17N5O4/c1-10-33-32(34-11-1)37-26-16-18(35-22-6-12-38-28(22)29-23(35)7-13-39-29)2-4-20(26)21-5-3-19(17-27(21)37)36-24-8-14-40-30(24)31-25(36)9-15-41-31/h1-17H. The zero-order valence-electron chi connectivity index (χ0n) is 21.2. The molecule has 10 rings (SSSR count). The predicted octanol–water partition coefficient (Wildman–Crippen LogP) is 8.14. The van der Waals surface area contributed by atoms with E-state index in [1.807, 2.05) is 30.3 Å². The third kappa shape index (κ3) is 2.60. The van der Waals surface area contributed by atoms with E-state index in [-0.39, 0.29) is 0 Å². The second-order valence-corrected chi connectivity index (χ2v) is 10.00. The molecule has 8 aromatic heterocycles. The van der Waals surface area contributed by atoms with E-state index >= 15 is 0 Å². The van der Waals surface area contributed by atoms with Crippen LogP contribution in [0.15, 0.2) is 122 Å². The van der Waals surface area contributed by atoms with E-state index in [1.165, 1.54) is 0 Å². The van der Waals surface area contributed by atoms with Gasteiger partial charge in [-0.25, -0.2) is 9.97 Å². The molecule has 0 amide bonds. The molecule has 0 unspecified atom stereocenters. The van der Waals surface area contributed by atoms with Gasteiger partial charge in [0.05, 0.1) is 58.2 Å². The van der Waals surface area contributed by atoms with E-state index in [4.69, 9.17) is 17.7 Å². The van der Waals surface area contributed by atoms with Crippen LogP contribution in [0.1, 0.15) is 0 Å². The Morgan fingerprint density at radius 3 is 1.27 bits per heavy atom. The molecular formula is C32H17N5O4. The van der Waals surface area contributed by atoms with E-state index in [0.717, 1.165) is 77.6 Å². The average Bonchev–Trinajstić information content (AvgIpc) is 3.83. The topological polar surface area (TPSA) is 93.1 Å². The molecule has 0 fully saturated rings. The SMILES string of the molecule is c1cnc(-n2c3cc(-n4c5ccoc5c5occc54)ccc3c3ccc(-n4c5ccoc5c5occc54)cc32)nc1. The summed E-state index contributed by atoms with van der Waals surface area (Å²) in [7, 11) is 0. The Morgan fingerprint density at radius 2 is 0.854 bits per heavy atom. The maximum atomic E-state index is 5.76. The quantitative estimate of drug-likeness (QED) is 0.227. The zero-order chi connectivity index (χ0) is 26.7. The Labute approximate surface area is 229 Å². The van der Waals surface area contributed by atoms with Gasteiger partial charge in [0.15, 0.2) is 22.3 Å². The first-order valence-corrected chi connectivity index (χ1v) is 13.1. The molecule has 0 saturated heterocycles. The second kappa shape index (κ2) is 7.36. The Kier molecular flexibility index (Phi) is 3.76. The van der Waals surface area contributed by atoms with Gasteiger partial charge in [-0.15, -0.1) is 0 Å². The van der Waals surface area contributed by atoms with E-state index in [1.54, 1.807) is 37.4 Å². The van der Waals surface area contributed by atoms with Crippen molar-refractivity contribution in [2.45, 2.75) is 0 Å². The van der Waals surface area contributed by atoms with Gasteiger partial charge in [0.2, 0.25) is 5.95 Å². The second-order valence-electron chi connectivity index (χ2n) is 10.00. The monoisotopic (exact) mass is 535 g/mol. The molecule has 0 bridgehead atoms. The molecule has 9 nitrogen and oxygen atoms in total. The van der Waals surface area contributed by atoms with Crippen molar-refractivity contribution >= 4 is 66.2 Å². The van der Waals surface area contributed by atoms with Crippen LogP contribution >= 0.6 is 0 Å². The maximum Gasteiger partial charge on any atom is 0.234 e. The molecular weight excluding hydrogens is 518 g/mol. The summed E-state index contributed by atoms with van der Waals surface area (Å²) in [5.74, 6) is 0.589. The third-order valence-electron chi connectivity index (χ3n) is 7.96. The summed E-state index contributed by atoms with van der Waals surface area (Å²) >= 11 is 0. The van der Waals surface area contributed by atoms with Gasteiger partial charge in [0.1, 0.15) is 0 Å². The molecule has 0 radical (unpaired) electrons. The molecule has 8 heterocycles.